The first-order chi connectivity index (χ1) is 10.1. The number of halogens is 1. The molecule has 0 radical (unpaired) electrons. The Morgan fingerprint density at radius 2 is 1.71 bits per heavy atom. The third-order valence-electron chi connectivity index (χ3n) is 3.19. The summed E-state index contributed by atoms with van der Waals surface area (Å²) in [5.74, 6) is 1.68. The van der Waals surface area contributed by atoms with Gasteiger partial charge in [0.2, 0.25) is 0 Å². The van der Waals surface area contributed by atoms with Crippen LogP contribution in [0.25, 0.3) is 0 Å². The largest absolute Gasteiger partial charge is 0.497 e. The lowest BCUT2D eigenvalue weighted by Gasteiger charge is -2.09. The second kappa shape index (κ2) is 7.27. The van der Waals surface area contributed by atoms with Gasteiger partial charge in [-0.3, -0.25) is 4.79 Å². The highest BCUT2D eigenvalue weighted by Gasteiger charge is 2.10. The van der Waals surface area contributed by atoms with Crippen molar-refractivity contribution in [3.8, 4) is 11.5 Å². The van der Waals surface area contributed by atoms with Crippen molar-refractivity contribution < 1.29 is 14.3 Å². The summed E-state index contributed by atoms with van der Waals surface area (Å²) in [6.45, 7) is 0. The molecule has 0 unspecified atom stereocenters. The van der Waals surface area contributed by atoms with Crippen molar-refractivity contribution in [2.24, 2.45) is 0 Å². The fraction of sp³-hybridized carbons (Fsp3) is 0.235. The zero-order valence-corrected chi connectivity index (χ0v) is 13.6. The van der Waals surface area contributed by atoms with Gasteiger partial charge in [0.1, 0.15) is 17.3 Å². The number of ketones is 1. The third-order valence-corrected chi connectivity index (χ3v) is 3.68. The summed E-state index contributed by atoms with van der Waals surface area (Å²) in [6.07, 6.45) is 0.758. The lowest BCUT2D eigenvalue weighted by Crippen LogP contribution is -2.07. The maximum absolute atomic E-state index is 12.2. The average molecular weight is 349 g/mol. The van der Waals surface area contributed by atoms with E-state index >= 15 is 0 Å². The van der Waals surface area contributed by atoms with Gasteiger partial charge in [0.15, 0.2) is 0 Å². The molecule has 2 rings (SSSR count). The highest BCUT2D eigenvalue weighted by atomic mass is 79.9. The molecule has 0 aliphatic carbocycles. The van der Waals surface area contributed by atoms with Gasteiger partial charge < -0.3 is 9.47 Å². The number of hydrogen-bond donors (Lipinski definition) is 0. The van der Waals surface area contributed by atoms with Crippen LogP contribution in [0.4, 0.5) is 0 Å². The number of rotatable bonds is 6. The fourth-order valence-electron chi connectivity index (χ4n) is 2.13. The summed E-state index contributed by atoms with van der Waals surface area (Å²) in [5.41, 5.74) is 1.88. The Kier molecular flexibility index (Phi) is 5.39. The molecular formula is C17H17BrO3. The number of benzene rings is 2. The Bertz CT molecular complexity index is 620. The van der Waals surface area contributed by atoms with E-state index in [0.29, 0.717) is 12.8 Å². The molecule has 0 saturated carbocycles. The molecule has 0 saturated heterocycles. The molecular weight excluding hydrogens is 332 g/mol. The molecule has 2 aromatic rings. The first-order valence-electron chi connectivity index (χ1n) is 6.59. The van der Waals surface area contributed by atoms with Crippen LogP contribution >= 0.6 is 15.9 Å². The van der Waals surface area contributed by atoms with Crippen LogP contribution in [0.15, 0.2) is 46.9 Å². The van der Waals surface area contributed by atoms with E-state index < -0.39 is 0 Å². The molecule has 0 bridgehead atoms. The summed E-state index contributed by atoms with van der Waals surface area (Å²) in [4.78, 5) is 12.2. The first-order valence-corrected chi connectivity index (χ1v) is 7.38. The Morgan fingerprint density at radius 3 is 2.33 bits per heavy atom. The molecule has 0 atom stereocenters. The standard InChI is InChI=1S/C17H17BrO3/c1-20-16-6-3-12(4-7-16)9-15(19)11-13-10-14(18)5-8-17(13)21-2/h3-8,10H,9,11H2,1-2H3. The molecule has 21 heavy (non-hydrogen) atoms. The molecule has 0 aliphatic rings. The van der Waals surface area contributed by atoms with Gasteiger partial charge >= 0.3 is 0 Å². The molecule has 0 spiro atoms. The lowest BCUT2D eigenvalue weighted by molar-refractivity contribution is -0.117. The molecule has 110 valence electrons. The van der Waals surface area contributed by atoms with Crippen LogP contribution < -0.4 is 9.47 Å². The molecule has 3 nitrogen and oxygen atoms in total. The van der Waals surface area contributed by atoms with Gasteiger partial charge in [0.25, 0.3) is 0 Å². The van der Waals surface area contributed by atoms with Gasteiger partial charge in [-0.25, -0.2) is 0 Å². The number of carbonyl (C=O) groups excluding carboxylic acids is 1. The van der Waals surface area contributed by atoms with E-state index in [0.717, 1.165) is 27.1 Å². The maximum atomic E-state index is 12.2. The van der Waals surface area contributed by atoms with Crippen LogP contribution in [-0.2, 0) is 17.6 Å². The summed E-state index contributed by atoms with van der Waals surface area (Å²) in [6, 6.07) is 13.2. The van der Waals surface area contributed by atoms with Crippen LogP contribution in [0.1, 0.15) is 11.1 Å². The number of ether oxygens (including phenoxy) is 2. The van der Waals surface area contributed by atoms with Crippen molar-refractivity contribution in [3.63, 3.8) is 0 Å². The van der Waals surface area contributed by atoms with Gasteiger partial charge in [-0.1, -0.05) is 28.1 Å². The molecule has 0 aliphatic heterocycles. The van der Waals surface area contributed by atoms with Crippen molar-refractivity contribution in [1.29, 1.82) is 0 Å². The van der Waals surface area contributed by atoms with Gasteiger partial charge in [-0.2, -0.15) is 0 Å². The minimum atomic E-state index is 0.150. The second-order valence-corrected chi connectivity index (χ2v) is 5.61. The smallest absolute Gasteiger partial charge is 0.141 e. The number of methoxy groups -OCH3 is 2. The second-order valence-electron chi connectivity index (χ2n) is 4.70. The van der Waals surface area contributed by atoms with Crippen LogP contribution in [-0.4, -0.2) is 20.0 Å². The normalized spacial score (nSPS) is 10.2. The van der Waals surface area contributed by atoms with Crippen LogP contribution in [0.3, 0.4) is 0 Å². The van der Waals surface area contributed by atoms with Crippen LogP contribution in [0, 0.1) is 0 Å². The van der Waals surface area contributed by atoms with E-state index in [4.69, 9.17) is 9.47 Å². The van der Waals surface area contributed by atoms with E-state index in [1.807, 2.05) is 42.5 Å². The van der Waals surface area contributed by atoms with Crippen LogP contribution in [0.2, 0.25) is 0 Å². The number of hydrogen-bond acceptors (Lipinski definition) is 3. The number of Topliss-reactive ketones (excluding diaryl/α,β-unsaturated/α-hetero) is 1. The van der Waals surface area contributed by atoms with E-state index in [1.54, 1.807) is 14.2 Å². The topological polar surface area (TPSA) is 35.5 Å². The Hall–Kier alpha value is -1.81. The summed E-state index contributed by atoms with van der Waals surface area (Å²) in [7, 11) is 3.24. The zero-order chi connectivity index (χ0) is 15.2. The Morgan fingerprint density at radius 1 is 1.00 bits per heavy atom. The summed E-state index contributed by atoms with van der Waals surface area (Å²) >= 11 is 3.42. The average Bonchev–Trinajstić information content (AvgIpc) is 2.48. The monoisotopic (exact) mass is 348 g/mol. The van der Waals surface area contributed by atoms with Crippen molar-refractivity contribution in [2.45, 2.75) is 12.8 Å². The number of carbonyl (C=O) groups is 1. The molecule has 0 heterocycles. The van der Waals surface area contributed by atoms with E-state index in [1.165, 1.54) is 0 Å². The highest BCUT2D eigenvalue weighted by Crippen LogP contribution is 2.24. The Labute approximate surface area is 133 Å². The summed E-state index contributed by atoms with van der Waals surface area (Å²) < 4.78 is 11.3. The van der Waals surface area contributed by atoms with Crippen molar-refractivity contribution >= 4 is 21.7 Å². The predicted octanol–water partition coefficient (Wildman–Crippen LogP) is 3.82. The third kappa shape index (κ3) is 4.33. The maximum Gasteiger partial charge on any atom is 0.141 e. The van der Waals surface area contributed by atoms with Crippen molar-refractivity contribution in [1.82, 2.24) is 0 Å². The lowest BCUT2D eigenvalue weighted by atomic mass is 10.0. The van der Waals surface area contributed by atoms with E-state index in [-0.39, 0.29) is 5.78 Å². The summed E-state index contributed by atoms with van der Waals surface area (Å²) in [5, 5.41) is 0. The minimum absolute atomic E-state index is 0.150. The first kappa shape index (κ1) is 15.6. The molecule has 2 aromatic carbocycles. The van der Waals surface area contributed by atoms with E-state index in [9.17, 15) is 4.79 Å². The molecule has 0 amide bonds. The van der Waals surface area contributed by atoms with Gasteiger partial charge in [-0.05, 0) is 35.9 Å². The van der Waals surface area contributed by atoms with E-state index in [2.05, 4.69) is 15.9 Å². The predicted molar refractivity (Wildman–Crippen MR) is 86.1 cm³/mol. The van der Waals surface area contributed by atoms with Crippen LogP contribution in [0.5, 0.6) is 11.5 Å². The van der Waals surface area contributed by atoms with Gasteiger partial charge in [0.05, 0.1) is 14.2 Å². The van der Waals surface area contributed by atoms with Gasteiger partial charge in [0, 0.05) is 22.9 Å². The quantitative estimate of drug-likeness (QED) is 0.795. The molecule has 0 fully saturated rings. The Balaban J connectivity index is 2.05. The SMILES string of the molecule is COc1ccc(CC(=O)Cc2cc(Br)ccc2OC)cc1. The molecule has 0 N–H and O–H groups in total. The zero-order valence-electron chi connectivity index (χ0n) is 12.1. The van der Waals surface area contributed by atoms with Gasteiger partial charge in [-0.15, -0.1) is 0 Å². The molecule has 0 aromatic heterocycles. The molecule has 4 heteroatoms. The minimum Gasteiger partial charge on any atom is -0.497 e. The van der Waals surface area contributed by atoms with Crippen molar-refractivity contribution in [3.05, 3.63) is 58.1 Å². The van der Waals surface area contributed by atoms with Crippen molar-refractivity contribution in [2.75, 3.05) is 14.2 Å². The fourth-order valence-corrected chi connectivity index (χ4v) is 2.54. The highest BCUT2D eigenvalue weighted by molar-refractivity contribution is 9.10.